The van der Waals surface area contributed by atoms with Crippen molar-refractivity contribution in [3.05, 3.63) is 11.3 Å². The molecule has 0 aromatic heterocycles. The first-order chi connectivity index (χ1) is 6.65. The van der Waals surface area contributed by atoms with E-state index < -0.39 is 0 Å². The number of nitrogens with two attached hydrogens (primary N) is 1. The van der Waals surface area contributed by atoms with Crippen LogP contribution in [0.4, 0.5) is 0 Å². The van der Waals surface area contributed by atoms with Gasteiger partial charge in [0.2, 0.25) is 0 Å². The lowest BCUT2D eigenvalue weighted by molar-refractivity contribution is 0.669. The molecule has 14 heavy (non-hydrogen) atoms. The van der Waals surface area contributed by atoms with Crippen LogP contribution < -0.4 is 11.1 Å². The van der Waals surface area contributed by atoms with Gasteiger partial charge < -0.3 is 16.5 Å². The molecule has 0 spiro atoms. The van der Waals surface area contributed by atoms with Gasteiger partial charge in [0.05, 0.1) is 0 Å². The average Bonchev–Trinajstić information content (AvgIpc) is 2.18. The fourth-order valence-electron chi connectivity index (χ4n) is 1.45. The molecule has 6 N–H and O–H groups in total. The van der Waals surface area contributed by atoms with Crippen LogP contribution in [0.3, 0.4) is 0 Å². The summed E-state index contributed by atoms with van der Waals surface area (Å²) in [6.07, 6.45) is 5.17. The van der Waals surface area contributed by atoms with Gasteiger partial charge in [0.25, 0.3) is 0 Å². The molecule has 1 aliphatic rings. The standard InChI is InChI=1S/C9H15N5/c10-5-6-3-1-2-4-7(6)14-9(13)8(11)12/h5,10H,1-4H2,(H3,11,12)(H2,13,14). The van der Waals surface area contributed by atoms with Gasteiger partial charge in [0.1, 0.15) is 0 Å². The van der Waals surface area contributed by atoms with E-state index in [4.69, 9.17) is 22.0 Å². The monoisotopic (exact) mass is 193 g/mol. The molecule has 76 valence electrons. The van der Waals surface area contributed by atoms with Crippen molar-refractivity contribution in [2.45, 2.75) is 25.7 Å². The first-order valence-corrected chi connectivity index (χ1v) is 4.57. The summed E-state index contributed by atoms with van der Waals surface area (Å²) in [4.78, 5) is 0. The average molecular weight is 193 g/mol. The normalized spacial score (nSPS) is 16.3. The smallest absolute Gasteiger partial charge is 0.165 e. The van der Waals surface area contributed by atoms with Gasteiger partial charge in [-0.25, -0.2) is 0 Å². The number of allylic oxidation sites excluding steroid dienone is 2. The summed E-state index contributed by atoms with van der Waals surface area (Å²) in [5, 5.41) is 24.4. The van der Waals surface area contributed by atoms with Crippen LogP contribution in [0.1, 0.15) is 25.7 Å². The summed E-state index contributed by atoms with van der Waals surface area (Å²) in [6.45, 7) is 0. The van der Waals surface area contributed by atoms with Crippen molar-refractivity contribution in [1.29, 1.82) is 16.2 Å². The van der Waals surface area contributed by atoms with E-state index in [1.54, 1.807) is 0 Å². The first kappa shape index (κ1) is 10.4. The summed E-state index contributed by atoms with van der Waals surface area (Å²) in [5.41, 5.74) is 6.94. The van der Waals surface area contributed by atoms with E-state index in [1.165, 1.54) is 6.21 Å². The molecular weight excluding hydrogens is 178 g/mol. The zero-order valence-corrected chi connectivity index (χ0v) is 7.98. The van der Waals surface area contributed by atoms with E-state index in [9.17, 15) is 0 Å². The quantitative estimate of drug-likeness (QED) is 0.332. The van der Waals surface area contributed by atoms with Crippen molar-refractivity contribution in [3.63, 3.8) is 0 Å². The fraction of sp³-hybridized carbons (Fsp3) is 0.444. The Kier molecular flexibility index (Phi) is 3.39. The third-order valence-electron chi connectivity index (χ3n) is 2.23. The van der Waals surface area contributed by atoms with Gasteiger partial charge in [0, 0.05) is 11.9 Å². The molecule has 1 rings (SSSR count). The van der Waals surface area contributed by atoms with Gasteiger partial charge in [-0.1, -0.05) is 0 Å². The number of hydrogen-bond acceptors (Lipinski definition) is 3. The van der Waals surface area contributed by atoms with Gasteiger partial charge in [-0.3, -0.25) is 10.8 Å². The highest BCUT2D eigenvalue weighted by atomic mass is 15.0. The predicted octanol–water partition coefficient (Wildman–Crippen LogP) is 0.967. The molecule has 0 saturated heterocycles. The van der Waals surface area contributed by atoms with Gasteiger partial charge in [-0.05, 0) is 31.3 Å². The topological polar surface area (TPSA) is 110 Å². The highest BCUT2D eigenvalue weighted by Gasteiger charge is 2.12. The fourth-order valence-corrected chi connectivity index (χ4v) is 1.45. The van der Waals surface area contributed by atoms with E-state index in [0.717, 1.165) is 37.0 Å². The Morgan fingerprint density at radius 1 is 1.29 bits per heavy atom. The Hall–Kier alpha value is -1.65. The van der Waals surface area contributed by atoms with Crippen molar-refractivity contribution in [1.82, 2.24) is 5.32 Å². The minimum atomic E-state index is -0.271. The van der Waals surface area contributed by atoms with E-state index in [0.29, 0.717) is 0 Å². The lowest BCUT2D eigenvalue weighted by Gasteiger charge is -2.18. The Bertz CT molecular complexity index is 302. The molecular formula is C9H15N5. The summed E-state index contributed by atoms with van der Waals surface area (Å²) in [5.74, 6) is -0.353. The van der Waals surface area contributed by atoms with Gasteiger partial charge in [0.15, 0.2) is 11.7 Å². The molecule has 1 aliphatic carbocycles. The molecule has 0 amide bonds. The molecule has 0 atom stereocenters. The number of rotatable bonds is 2. The lowest BCUT2D eigenvalue weighted by Crippen LogP contribution is -2.35. The zero-order valence-electron chi connectivity index (χ0n) is 7.98. The van der Waals surface area contributed by atoms with Gasteiger partial charge in [-0.2, -0.15) is 0 Å². The summed E-state index contributed by atoms with van der Waals surface area (Å²) < 4.78 is 0. The van der Waals surface area contributed by atoms with Crippen LogP contribution in [0.15, 0.2) is 11.3 Å². The maximum absolute atomic E-state index is 7.37. The minimum absolute atomic E-state index is 0.0822. The maximum atomic E-state index is 7.37. The molecule has 5 heteroatoms. The first-order valence-electron chi connectivity index (χ1n) is 4.57. The zero-order chi connectivity index (χ0) is 10.6. The van der Waals surface area contributed by atoms with Crippen LogP contribution in [-0.2, 0) is 0 Å². The SMILES string of the molecule is N=CC1=C(NC(=N)C(=N)N)CCCC1. The molecule has 0 fully saturated rings. The summed E-state index contributed by atoms with van der Waals surface area (Å²) >= 11 is 0. The number of hydrogen-bond donors (Lipinski definition) is 5. The largest absolute Gasteiger partial charge is 0.381 e. The van der Waals surface area contributed by atoms with E-state index in [1.807, 2.05) is 0 Å². The van der Waals surface area contributed by atoms with Crippen LogP contribution in [0, 0.1) is 16.2 Å². The van der Waals surface area contributed by atoms with Crippen LogP contribution in [0.5, 0.6) is 0 Å². The molecule has 0 unspecified atom stereocenters. The van der Waals surface area contributed by atoms with Crippen molar-refractivity contribution >= 4 is 17.9 Å². The second kappa shape index (κ2) is 4.55. The predicted molar refractivity (Wildman–Crippen MR) is 57.1 cm³/mol. The van der Waals surface area contributed by atoms with Gasteiger partial charge in [-0.15, -0.1) is 0 Å². The number of amidine groups is 2. The van der Waals surface area contributed by atoms with Crippen molar-refractivity contribution in [2.75, 3.05) is 0 Å². The van der Waals surface area contributed by atoms with Crippen LogP contribution in [0.2, 0.25) is 0 Å². The van der Waals surface area contributed by atoms with E-state index in [2.05, 4.69) is 5.32 Å². The minimum Gasteiger partial charge on any atom is -0.381 e. The maximum Gasteiger partial charge on any atom is 0.165 e. The molecule has 0 radical (unpaired) electrons. The lowest BCUT2D eigenvalue weighted by atomic mass is 9.97. The Morgan fingerprint density at radius 2 is 1.93 bits per heavy atom. The second-order valence-corrected chi connectivity index (χ2v) is 3.27. The molecule has 0 aliphatic heterocycles. The van der Waals surface area contributed by atoms with E-state index >= 15 is 0 Å². The molecule has 0 heterocycles. The van der Waals surface area contributed by atoms with Crippen LogP contribution in [0.25, 0.3) is 0 Å². The molecule has 5 nitrogen and oxygen atoms in total. The summed E-state index contributed by atoms with van der Waals surface area (Å²) in [6, 6.07) is 0. The third-order valence-corrected chi connectivity index (χ3v) is 2.23. The van der Waals surface area contributed by atoms with Crippen LogP contribution in [-0.4, -0.2) is 17.9 Å². The van der Waals surface area contributed by atoms with Crippen molar-refractivity contribution < 1.29 is 0 Å². The van der Waals surface area contributed by atoms with Crippen molar-refractivity contribution in [3.8, 4) is 0 Å². The molecule has 0 aromatic rings. The summed E-state index contributed by atoms with van der Waals surface area (Å²) in [7, 11) is 0. The Labute approximate surface area is 82.9 Å². The van der Waals surface area contributed by atoms with Crippen molar-refractivity contribution in [2.24, 2.45) is 5.73 Å². The highest BCUT2D eigenvalue weighted by Crippen LogP contribution is 2.21. The Morgan fingerprint density at radius 3 is 2.50 bits per heavy atom. The second-order valence-electron chi connectivity index (χ2n) is 3.27. The van der Waals surface area contributed by atoms with Crippen LogP contribution >= 0.6 is 0 Å². The third kappa shape index (κ3) is 2.42. The van der Waals surface area contributed by atoms with E-state index in [-0.39, 0.29) is 11.7 Å². The molecule has 0 bridgehead atoms. The highest BCUT2D eigenvalue weighted by molar-refractivity contribution is 6.37. The van der Waals surface area contributed by atoms with Gasteiger partial charge >= 0.3 is 0 Å². The Balaban J connectivity index is 2.74. The molecule has 0 saturated carbocycles. The number of nitrogens with one attached hydrogen (secondary N) is 4. The molecule has 0 aromatic carbocycles.